The molecule has 2 fully saturated rings. The maximum atomic E-state index is 13.0. The molecule has 2 aliphatic rings. The molecule has 180 valence electrons. The van der Waals surface area contributed by atoms with E-state index < -0.39 is 0 Å². The van der Waals surface area contributed by atoms with Crippen molar-refractivity contribution in [3.8, 4) is 0 Å². The topological polar surface area (TPSA) is 81.8 Å². The van der Waals surface area contributed by atoms with Crippen LogP contribution in [0.5, 0.6) is 0 Å². The van der Waals surface area contributed by atoms with Gasteiger partial charge in [-0.1, -0.05) is 36.4 Å². The van der Waals surface area contributed by atoms with E-state index in [0.717, 1.165) is 51.9 Å². The normalized spacial score (nSPS) is 20.5. The second-order valence-electron chi connectivity index (χ2n) is 9.22. The number of nitrogens with one attached hydrogen (secondary N) is 2. The summed E-state index contributed by atoms with van der Waals surface area (Å²) in [6, 6.07) is 19.2. The van der Waals surface area contributed by atoms with Crippen LogP contribution < -0.4 is 15.5 Å². The molecule has 0 spiro atoms. The summed E-state index contributed by atoms with van der Waals surface area (Å²) in [4.78, 5) is 41.6. The van der Waals surface area contributed by atoms with Gasteiger partial charge in [-0.3, -0.25) is 14.4 Å². The zero-order chi connectivity index (χ0) is 23.8. The highest BCUT2D eigenvalue weighted by Crippen LogP contribution is 2.30. The Morgan fingerprint density at radius 3 is 2.03 bits per heavy atom. The number of carbonyl (C=O) groups excluding carboxylic acids is 3. The van der Waals surface area contributed by atoms with Crippen LogP contribution in [0, 0.1) is 11.8 Å². The number of amides is 3. The third kappa shape index (κ3) is 6.37. The van der Waals surface area contributed by atoms with Gasteiger partial charge in [-0.2, -0.15) is 0 Å². The van der Waals surface area contributed by atoms with Crippen molar-refractivity contribution in [2.45, 2.75) is 25.7 Å². The maximum Gasteiger partial charge on any atom is 0.251 e. The average molecular weight is 463 g/mol. The van der Waals surface area contributed by atoms with Crippen molar-refractivity contribution in [3.05, 3.63) is 66.2 Å². The van der Waals surface area contributed by atoms with Gasteiger partial charge in [0.05, 0.1) is 6.54 Å². The van der Waals surface area contributed by atoms with Gasteiger partial charge in [-0.05, 0) is 55.9 Å². The molecule has 7 nitrogen and oxygen atoms in total. The number of nitrogens with zero attached hydrogens (tertiary/aromatic N) is 2. The molecule has 1 aliphatic heterocycles. The first kappa shape index (κ1) is 23.8. The van der Waals surface area contributed by atoms with Gasteiger partial charge in [-0.25, -0.2) is 0 Å². The van der Waals surface area contributed by atoms with Gasteiger partial charge in [0.25, 0.3) is 5.91 Å². The van der Waals surface area contributed by atoms with Gasteiger partial charge in [-0.15, -0.1) is 0 Å². The van der Waals surface area contributed by atoms with Crippen molar-refractivity contribution in [1.29, 1.82) is 0 Å². The minimum absolute atomic E-state index is 0.0312. The predicted molar refractivity (Wildman–Crippen MR) is 132 cm³/mol. The van der Waals surface area contributed by atoms with Crippen molar-refractivity contribution in [1.82, 2.24) is 15.5 Å². The second-order valence-corrected chi connectivity index (χ2v) is 9.22. The zero-order valence-electron chi connectivity index (χ0n) is 19.6. The number of anilines is 1. The van der Waals surface area contributed by atoms with E-state index in [-0.39, 0.29) is 24.3 Å². The molecule has 0 unspecified atom stereocenters. The molecule has 0 bridgehead atoms. The van der Waals surface area contributed by atoms with Gasteiger partial charge in [0.1, 0.15) is 0 Å². The fourth-order valence-corrected chi connectivity index (χ4v) is 4.87. The summed E-state index contributed by atoms with van der Waals surface area (Å²) in [5, 5.41) is 5.59. The third-order valence-corrected chi connectivity index (χ3v) is 6.94. The highest BCUT2D eigenvalue weighted by Gasteiger charge is 2.31. The van der Waals surface area contributed by atoms with Gasteiger partial charge in [0, 0.05) is 49.9 Å². The molecule has 1 saturated heterocycles. The van der Waals surface area contributed by atoms with Crippen LogP contribution in [0.15, 0.2) is 60.7 Å². The monoisotopic (exact) mass is 462 g/mol. The molecule has 1 heterocycles. The summed E-state index contributed by atoms with van der Waals surface area (Å²) in [7, 11) is 0. The average Bonchev–Trinajstić information content (AvgIpc) is 2.91. The molecule has 1 saturated carbocycles. The smallest absolute Gasteiger partial charge is 0.251 e. The number of hydrogen-bond donors (Lipinski definition) is 2. The van der Waals surface area contributed by atoms with Crippen LogP contribution in [0.3, 0.4) is 0 Å². The number of carbonyl (C=O) groups is 3. The molecule has 4 rings (SSSR count). The number of benzene rings is 2. The Balaban J connectivity index is 1.12. The maximum absolute atomic E-state index is 13.0. The SMILES string of the molecule is O=C(CNC(=O)c1ccccc1)NCC1CCC(C(=O)N2CCN(c3ccccc3)CC2)CC1. The Labute approximate surface area is 201 Å². The molecule has 2 N–H and O–H groups in total. The lowest BCUT2D eigenvalue weighted by molar-refractivity contribution is -0.137. The lowest BCUT2D eigenvalue weighted by Crippen LogP contribution is -2.51. The van der Waals surface area contributed by atoms with Crippen molar-refractivity contribution >= 4 is 23.4 Å². The van der Waals surface area contributed by atoms with Gasteiger partial charge < -0.3 is 20.4 Å². The molecule has 0 aromatic heterocycles. The Kier molecular flexibility index (Phi) is 8.17. The molecule has 3 amide bonds. The summed E-state index contributed by atoms with van der Waals surface area (Å²) in [5.41, 5.74) is 1.76. The van der Waals surface area contributed by atoms with Gasteiger partial charge in [0.2, 0.25) is 11.8 Å². The van der Waals surface area contributed by atoms with Crippen molar-refractivity contribution in [2.24, 2.45) is 11.8 Å². The van der Waals surface area contributed by atoms with E-state index in [2.05, 4.69) is 39.8 Å². The largest absolute Gasteiger partial charge is 0.368 e. The van der Waals surface area contributed by atoms with Crippen LogP contribution in [-0.4, -0.2) is 61.9 Å². The predicted octanol–water partition coefficient (Wildman–Crippen LogP) is 2.69. The summed E-state index contributed by atoms with van der Waals surface area (Å²) in [5.74, 6) is 0.338. The molecule has 2 aromatic carbocycles. The Morgan fingerprint density at radius 2 is 1.38 bits per heavy atom. The minimum Gasteiger partial charge on any atom is -0.368 e. The van der Waals surface area contributed by atoms with Gasteiger partial charge >= 0.3 is 0 Å². The van der Waals surface area contributed by atoms with Gasteiger partial charge in [0.15, 0.2) is 0 Å². The van der Waals surface area contributed by atoms with Crippen LogP contribution in [0.4, 0.5) is 5.69 Å². The minimum atomic E-state index is -0.251. The second kappa shape index (κ2) is 11.7. The van der Waals surface area contributed by atoms with Crippen molar-refractivity contribution < 1.29 is 14.4 Å². The van der Waals surface area contributed by atoms with Crippen LogP contribution in [0.1, 0.15) is 36.0 Å². The summed E-state index contributed by atoms with van der Waals surface area (Å²) in [6.07, 6.45) is 3.64. The molecule has 2 aromatic rings. The number of para-hydroxylation sites is 1. The van der Waals surface area contributed by atoms with Crippen LogP contribution in [-0.2, 0) is 9.59 Å². The van der Waals surface area contributed by atoms with E-state index in [1.54, 1.807) is 24.3 Å². The fraction of sp³-hybridized carbons (Fsp3) is 0.444. The highest BCUT2D eigenvalue weighted by molar-refractivity contribution is 5.96. The lowest BCUT2D eigenvalue weighted by Gasteiger charge is -2.38. The van der Waals surface area contributed by atoms with Crippen LogP contribution in [0.2, 0.25) is 0 Å². The molecular formula is C27H34N4O3. The molecule has 1 aliphatic carbocycles. The molecule has 7 heteroatoms. The van der Waals surface area contributed by atoms with E-state index in [0.29, 0.717) is 23.9 Å². The third-order valence-electron chi connectivity index (χ3n) is 6.94. The Morgan fingerprint density at radius 1 is 0.765 bits per heavy atom. The quantitative estimate of drug-likeness (QED) is 0.663. The van der Waals surface area contributed by atoms with E-state index >= 15 is 0 Å². The van der Waals surface area contributed by atoms with Crippen LogP contribution in [0.25, 0.3) is 0 Å². The fourth-order valence-electron chi connectivity index (χ4n) is 4.87. The summed E-state index contributed by atoms with van der Waals surface area (Å²) >= 11 is 0. The lowest BCUT2D eigenvalue weighted by atomic mass is 9.81. The first-order valence-corrected chi connectivity index (χ1v) is 12.3. The molecular weight excluding hydrogens is 428 g/mol. The number of hydrogen-bond acceptors (Lipinski definition) is 4. The molecule has 0 atom stereocenters. The zero-order valence-corrected chi connectivity index (χ0v) is 19.6. The Hall–Kier alpha value is -3.35. The summed E-state index contributed by atoms with van der Waals surface area (Å²) < 4.78 is 0. The Bertz CT molecular complexity index is 950. The number of piperazine rings is 1. The standard InChI is InChI=1S/C27H34N4O3/c32-25(20-29-26(33)22-7-3-1-4-8-22)28-19-21-11-13-23(14-12-21)27(34)31-17-15-30(16-18-31)24-9-5-2-6-10-24/h1-10,21,23H,11-20H2,(H,28,32)(H,29,33). The van der Waals surface area contributed by atoms with Crippen LogP contribution >= 0.6 is 0 Å². The first-order chi connectivity index (χ1) is 16.6. The van der Waals surface area contributed by atoms with Crippen molar-refractivity contribution in [3.63, 3.8) is 0 Å². The van der Waals surface area contributed by atoms with Crippen molar-refractivity contribution in [2.75, 3.05) is 44.2 Å². The van der Waals surface area contributed by atoms with E-state index in [4.69, 9.17) is 0 Å². The first-order valence-electron chi connectivity index (χ1n) is 12.3. The molecule has 34 heavy (non-hydrogen) atoms. The molecule has 0 radical (unpaired) electrons. The highest BCUT2D eigenvalue weighted by atomic mass is 16.2. The van der Waals surface area contributed by atoms with E-state index in [1.807, 2.05) is 17.0 Å². The number of rotatable bonds is 7. The van der Waals surface area contributed by atoms with E-state index in [1.165, 1.54) is 5.69 Å². The summed E-state index contributed by atoms with van der Waals surface area (Å²) in [6.45, 7) is 3.86. The van der Waals surface area contributed by atoms with E-state index in [9.17, 15) is 14.4 Å².